The number of carbonyl (C=O) groups is 1. The van der Waals surface area contributed by atoms with Crippen LogP contribution in [-0.2, 0) is 4.79 Å². The second-order valence-corrected chi connectivity index (χ2v) is 6.55. The number of nitrogens with two attached hydrogens (primary N) is 1. The number of nitrogen functional groups attached to an aromatic ring is 1. The van der Waals surface area contributed by atoms with Crippen molar-refractivity contribution in [1.29, 1.82) is 0 Å². The molecule has 4 rings (SSSR count). The van der Waals surface area contributed by atoms with Crippen LogP contribution in [0.5, 0.6) is 11.5 Å². The molecule has 0 spiro atoms. The first-order chi connectivity index (χ1) is 13.0. The summed E-state index contributed by atoms with van der Waals surface area (Å²) in [6, 6.07) is 5.40. The zero-order chi connectivity index (χ0) is 19.1. The van der Waals surface area contributed by atoms with Gasteiger partial charge in [0.05, 0.1) is 19.8 Å². The van der Waals surface area contributed by atoms with Crippen molar-refractivity contribution in [2.24, 2.45) is 0 Å². The third-order valence-electron chi connectivity index (χ3n) is 5.02. The molecule has 1 atom stereocenters. The number of fused-ring (bicyclic) bond motifs is 1. The van der Waals surface area contributed by atoms with Crippen LogP contribution < -0.4 is 26.1 Å². The first-order valence-electron chi connectivity index (χ1n) is 8.68. The van der Waals surface area contributed by atoms with Crippen LogP contribution in [0.25, 0.3) is 0 Å². The maximum atomic E-state index is 12.8. The Labute approximate surface area is 155 Å². The molecule has 1 aliphatic carbocycles. The van der Waals surface area contributed by atoms with Gasteiger partial charge in [-0.25, -0.2) is 0 Å². The van der Waals surface area contributed by atoms with Crippen LogP contribution in [0, 0.1) is 0 Å². The van der Waals surface area contributed by atoms with Gasteiger partial charge in [0.2, 0.25) is 5.95 Å². The Morgan fingerprint density at radius 3 is 2.67 bits per heavy atom. The highest BCUT2D eigenvalue weighted by atomic mass is 16.5. The summed E-state index contributed by atoms with van der Waals surface area (Å²) in [7, 11) is 3.10. The average Bonchev–Trinajstić information content (AvgIpc) is 2.65. The van der Waals surface area contributed by atoms with Crippen LogP contribution in [0.1, 0.15) is 36.3 Å². The smallest absolute Gasteiger partial charge is 0.258 e. The van der Waals surface area contributed by atoms with Crippen molar-refractivity contribution in [3.05, 3.63) is 50.9 Å². The summed E-state index contributed by atoms with van der Waals surface area (Å²) in [6.07, 6.45) is 1.94. The summed E-state index contributed by atoms with van der Waals surface area (Å²) in [5.74, 6) is 1.02. The van der Waals surface area contributed by atoms with E-state index >= 15 is 0 Å². The highest BCUT2D eigenvalue weighted by Crippen LogP contribution is 2.44. The molecule has 1 aromatic carbocycles. The number of methoxy groups -OCH3 is 2. The Morgan fingerprint density at radius 2 is 1.93 bits per heavy atom. The number of ether oxygens (including phenoxy) is 2. The number of H-pyrrole nitrogens is 1. The molecule has 8 heteroatoms. The second-order valence-electron chi connectivity index (χ2n) is 6.55. The molecule has 1 aromatic heterocycles. The SMILES string of the molecule is COc1ccc([C@H]2C3=C(CCCC3=O)Nc3nc(N)[nH]c(=O)c32)cc1OC. The number of rotatable bonds is 3. The van der Waals surface area contributed by atoms with Gasteiger partial charge in [-0.15, -0.1) is 0 Å². The monoisotopic (exact) mass is 368 g/mol. The van der Waals surface area contributed by atoms with Crippen LogP contribution in [0.3, 0.4) is 0 Å². The van der Waals surface area contributed by atoms with E-state index < -0.39 is 5.92 Å². The Hall–Kier alpha value is -3.29. The van der Waals surface area contributed by atoms with Gasteiger partial charge in [-0.05, 0) is 30.5 Å². The van der Waals surface area contributed by atoms with Crippen molar-refractivity contribution in [3.63, 3.8) is 0 Å². The minimum absolute atomic E-state index is 0.0310. The van der Waals surface area contributed by atoms with Crippen molar-refractivity contribution >= 4 is 17.5 Å². The third kappa shape index (κ3) is 2.73. The maximum Gasteiger partial charge on any atom is 0.258 e. The fourth-order valence-corrected chi connectivity index (χ4v) is 3.84. The van der Waals surface area contributed by atoms with Crippen LogP contribution >= 0.6 is 0 Å². The molecule has 0 saturated heterocycles. The van der Waals surface area contributed by atoms with E-state index in [1.54, 1.807) is 26.4 Å². The Kier molecular flexibility index (Phi) is 4.10. The Bertz CT molecular complexity index is 1020. The van der Waals surface area contributed by atoms with Crippen molar-refractivity contribution in [1.82, 2.24) is 9.97 Å². The molecule has 0 saturated carbocycles. The number of nitrogens with zero attached hydrogens (tertiary/aromatic N) is 1. The summed E-state index contributed by atoms with van der Waals surface area (Å²) in [5, 5.41) is 3.15. The van der Waals surface area contributed by atoms with Gasteiger partial charge >= 0.3 is 0 Å². The van der Waals surface area contributed by atoms with Crippen molar-refractivity contribution < 1.29 is 14.3 Å². The molecule has 0 fully saturated rings. The van der Waals surface area contributed by atoms with E-state index in [1.165, 1.54) is 0 Å². The lowest BCUT2D eigenvalue weighted by atomic mass is 9.76. The summed E-state index contributed by atoms with van der Waals surface area (Å²) in [6.45, 7) is 0. The van der Waals surface area contributed by atoms with E-state index in [4.69, 9.17) is 15.2 Å². The summed E-state index contributed by atoms with van der Waals surface area (Å²) in [5.41, 5.74) is 7.90. The van der Waals surface area contributed by atoms with Crippen molar-refractivity contribution in [2.45, 2.75) is 25.2 Å². The topological polar surface area (TPSA) is 119 Å². The first kappa shape index (κ1) is 17.1. The number of hydrogen-bond acceptors (Lipinski definition) is 7. The maximum absolute atomic E-state index is 12.8. The number of aromatic nitrogens is 2. The van der Waals surface area contributed by atoms with E-state index in [2.05, 4.69) is 15.3 Å². The molecular weight excluding hydrogens is 348 g/mol. The molecule has 1 aliphatic heterocycles. The van der Waals surface area contributed by atoms with Gasteiger partial charge in [0.1, 0.15) is 5.82 Å². The summed E-state index contributed by atoms with van der Waals surface area (Å²) in [4.78, 5) is 32.3. The Balaban J connectivity index is 1.98. The number of nitrogens with one attached hydrogen (secondary N) is 2. The van der Waals surface area contributed by atoms with E-state index in [-0.39, 0.29) is 17.3 Å². The van der Waals surface area contributed by atoms with Gasteiger partial charge in [-0.2, -0.15) is 4.98 Å². The van der Waals surface area contributed by atoms with Crippen molar-refractivity contribution in [2.75, 3.05) is 25.3 Å². The molecule has 27 heavy (non-hydrogen) atoms. The molecule has 2 aromatic rings. The lowest BCUT2D eigenvalue weighted by Gasteiger charge is -2.32. The van der Waals surface area contributed by atoms with E-state index in [0.717, 1.165) is 24.1 Å². The number of aromatic amines is 1. The minimum Gasteiger partial charge on any atom is -0.493 e. The molecule has 0 amide bonds. The van der Waals surface area contributed by atoms with Crippen LogP contribution in [0.15, 0.2) is 34.3 Å². The number of carbonyl (C=O) groups excluding carboxylic acids is 1. The number of Topliss-reactive ketones (excluding diaryl/α,β-unsaturated/α-hetero) is 1. The number of benzene rings is 1. The Morgan fingerprint density at radius 1 is 1.15 bits per heavy atom. The average molecular weight is 368 g/mol. The van der Waals surface area contributed by atoms with E-state index in [1.807, 2.05) is 6.07 Å². The number of hydrogen-bond donors (Lipinski definition) is 3. The third-order valence-corrected chi connectivity index (χ3v) is 5.02. The van der Waals surface area contributed by atoms with E-state index in [0.29, 0.717) is 34.9 Å². The lowest BCUT2D eigenvalue weighted by Crippen LogP contribution is -2.32. The summed E-state index contributed by atoms with van der Waals surface area (Å²) >= 11 is 0. The quantitative estimate of drug-likeness (QED) is 0.757. The predicted octanol–water partition coefficient (Wildman–Crippen LogP) is 1.93. The minimum atomic E-state index is -0.541. The number of anilines is 2. The van der Waals surface area contributed by atoms with Crippen LogP contribution in [0.4, 0.5) is 11.8 Å². The number of allylic oxidation sites excluding steroid dienone is 2. The largest absolute Gasteiger partial charge is 0.493 e. The highest BCUT2D eigenvalue weighted by Gasteiger charge is 2.38. The first-order valence-corrected chi connectivity index (χ1v) is 8.68. The second kappa shape index (κ2) is 6.46. The fraction of sp³-hybridized carbons (Fsp3) is 0.316. The molecular formula is C19H20N4O4. The molecule has 140 valence electrons. The lowest BCUT2D eigenvalue weighted by molar-refractivity contribution is -0.116. The van der Waals surface area contributed by atoms with E-state index in [9.17, 15) is 9.59 Å². The molecule has 8 nitrogen and oxygen atoms in total. The standard InChI is InChI=1S/C19H20N4O4/c1-26-12-7-6-9(8-13(12)27-2)14-15-10(4-3-5-11(15)24)21-17-16(14)18(25)23-19(20)22-17/h6-8,14H,3-5H2,1-2H3,(H4,20,21,22,23,25)/t14-/m0/s1. The van der Waals surface area contributed by atoms with Crippen molar-refractivity contribution in [3.8, 4) is 11.5 Å². The molecule has 0 radical (unpaired) electrons. The van der Waals surface area contributed by atoms with Gasteiger partial charge in [-0.3, -0.25) is 14.6 Å². The highest BCUT2D eigenvalue weighted by molar-refractivity contribution is 6.00. The van der Waals surface area contributed by atoms with Gasteiger partial charge < -0.3 is 20.5 Å². The molecule has 4 N–H and O–H groups in total. The normalized spacial score (nSPS) is 18.4. The predicted molar refractivity (Wildman–Crippen MR) is 100 cm³/mol. The zero-order valence-electron chi connectivity index (χ0n) is 15.1. The summed E-state index contributed by atoms with van der Waals surface area (Å²) < 4.78 is 10.7. The van der Waals surface area contributed by atoms with Gasteiger partial charge in [-0.1, -0.05) is 6.07 Å². The van der Waals surface area contributed by atoms with Crippen LogP contribution in [0.2, 0.25) is 0 Å². The zero-order valence-corrected chi connectivity index (χ0v) is 15.1. The number of ketones is 1. The van der Waals surface area contributed by atoms with Crippen LogP contribution in [-0.4, -0.2) is 30.0 Å². The van der Waals surface area contributed by atoms with Gasteiger partial charge in [0, 0.05) is 23.6 Å². The van der Waals surface area contributed by atoms with Gasteiger partial charge in [0.25, 0.3) is 5.56 Å². The molecule has 0 unspecified atom stereocenters. The molecule has 0 bridgehead atoms. The molecule has 2 aliphatic rings. The van der Waals surface area contributed by atoms with Gasteiger partial charge in [0.15, 0.2) is 17.3 Å². The molecule has 2 heterocycles. The fourth-order valence-electron chi connectivity index (χ4n) is 3.84.